The van der Waals surface area contributed by atoms with E-state index in [0.717, 1.165) is 13.1 Å². The average Bonchev–Trinajstić information content (AvgIpc) is 3.20. The van der Waals surface area contributed by atoms with Gasteiger partial charge >= 0.3 is 0 Å². The normalized spacial score (nSPS) is 24.8. The molecule has 1 aromatic carbocycles. The minimum Gasteiger partial charge on any atom is -0.438 e. The number of piperidine rings is 1. The van der Waals surface area contributed by atoms with Crippen LogP contribution in [-0.2, 0) is 0 Å². The Kier molecular flexibility index (Phi) is 4.12. The molecular formula is C18H18ClN3O2. The topological polar surface area (TPSA) is 54.5 Å². The Balaban J connectivity index is 1.40. The first kappa shape index (κ1) is 15.4. The Bertz CT molecular complexity index is 750. The molecule has 0 saturated carbocycles. The molecule has 5 nitrogen and oxygen atoms in total. The number of hydrogen-bond acceptors (Lipinski definition) is 4. The summed E-state index contributed by atoms with van der Waals surface area (Å²) in [7, 11) is 0. The fourth-order valence-corrected chi connectivity index (χ4v) is 3.59. The van der Waals surface area contributed by atoms with Crippen molar-refractivity contribution in [3.63, 3.8) is 0 Å². The van der Waals surface area contributed by atoms with Crippen LogP contribution in [-0.4, -0.2) is 41.5 Å². The van der Waals surface area contributed by atoms with Crippen LogP contribution >= 0.6 is 11.6 Å². The van der Waals surface area contributed by atoms with Gasteiger partial charge in [0.2, 0.25) is 5.88 Å². The third-order valence-corrected chi connectivity index (χ3v) is 4.99. The van der Waals surface area contributed by atoms with Crippen molar-refractivity contribution in [1.29, 1.82) is 0 Å². The number of aromatic nitrogens is 1. The number of rotatable bonds is 4. The van der Waals surface area contributed by atoms with Crippen molar-refractivity contribution in [3.8, 4) is 11.6 Å². The van der Waals surface area contributed by atoms with Crippen LogP contribution < -0.4 is 10.1 Å². The molecule has 2 bridgehead atoms. The maximum absolute atomic E-state index is 12.4. The fraction of sp³-hybridized carbons (Fsp3) is 0.333. The number of hydrogen-bond donors (Lipinski definition) is 1. The molecule has 3 atom stereocenters. The van der Waals surface area contributed by atoms with Gasteiger partial charge in [0.1, 0.15) is 10.8 Å². The summed E-state index contributed by atoms with van der Waals surface area (Å²) in [5.41, 5.74) is 0.632. The molecule has 2 aromatic rings. The van der Waals surface area contributed by atoms with Crippen LogP contribution in [0.25, 0.3) is 0 Å². The summed E-state index contributed by atoms with van der Waals surface area (Å²) in [4.78, 5) is 18.9. The molecule has 2 aliphatic rings. The van der Waals surface area contributed by atoms with E-state index in [1.807, 2.05) is 0 Å². The van der Waals surface area contributed by atoms with E-state index >= 15 is 0 Å². The van der Waals surface area contributed by atoms with Crippen LogP contribution in [0.3, 0.4) is 0 Å². The lowest BCUT2D eigenvalue weighted by molar-refractivity contribution is 0.0924. The number of ether oxygens (including phenoxy) is 1. The van der Waals surface area contributed by atoms with E-state index in [4.69, 9.17) is 16.3 Å². The van der Waals surface area contributed by atoms with Crippen molar-refractivity contribution in [3.05, 3.63) is 53.2 Å². The third kappa shape index (κ3) is 3.09. The molecule has 124 valence electrons. The highest BCUT2D eigenvalue weighted by Crippen LogP contribution is 2.28. The van der Waals surface area contributed by atoms with Gasteiger partial charge in [-0.3, -0.25) is 4.79 Å². The Morgan fingerprint density at radius 3 is 2.75 bits per heavy atom. The molecule has 0 spiro atoms. The summed E-state index contributed by atoms with van der Waals surface area (Å²) in [5.74, 6) is 1.52. The molecule has 24 heavy (non-hydrogen) atoms. The highest BCUT2D eigenvalue weighted by Gasteiger charge is 2.38. The lowest BCUT2D eigenvalue weighted by Gasteiger charge is -2.23. The molecule has 2 saturated heterocycles. The number of benzene rings is 1. The Morgan fingerprint density at radius 1 is 1.25 bits per heavy atom. The van der Waals surface area contributed by atoms with Crippen LogP contribution in [0.1, 0.15) is 16.8 Å². The predicted octanol–water partition coefficient (Wildman–Crippen LogP) is 2.96. The minimum atomic E-state index is -0.0313. The maximum atomic E-state index is 12.4. The van der Waals surface area contributed by atoms with Gasteiger partial charge in [0.05, 0.1) is 0 Å². The van der Waals surface area contributed by atoms with Crippen molar-refractivity contribution in [2.45, 2.75) is 12.5 Å². The number of nitrogens with zero attached hydrogens (tertiary/aromatic N) is 2. The molecule has 0 aliphatic carbocycles. The molecule has 3 unspecified atom stereocenters. The Hall–Kier alpha value is -2.11. The quantitative estimate of drug-likeness (QED) is 0.927. The summed E-state index contributed by atoms with van der Waals surface area (Å²) in [6.07, 6.45) is 2.80. The lowest BCUT2D eigenvalue weighted by Crippen LogP contribution is -2.43. The number of halogens is 1. The van der Waals surface area contributed by atoms with Gasteiger partial charge < -0.3 is 15.0 Å². The third-order valence-electron chi connectivity index (χ3n) is 4.70. The zero-order valence-electron chi connectivity index (χ0n) is 13.1. The average molecular weight is 344 g/mol. The van der Waals surface area contributed by atoms with Gasteiger partial charge in [-0.2, -0.15) is 0 Å². The highest BCUT2D eigenvalue weighted by atomic mass is 35.5. The van der Waals surface area contributed by atoms with E-state index in [0.29, 0.717) is 28.1 Å². The fourth-order valence-electron chi connectivity index (χ4n) is 3.43. The molecule has 1 aromatic heterocycles. The Morgan fingerprint density at radius 2 is 2.08 bits per heavy atom. The van der Waals surface area contributed by atoms with E-state index in [2.05, 4.69) is 15.2 Å². The number of pyridine rings is 1. The van der Waals surface area contributed by atoms with E-state index in [9.17, 15) is 4.79 Å². The zero-order chi connectivity index (χ0) is 16.5. The SMILES string of the molecule is O=C(NC1CN2CCC1C2)c1ccc(Oc2ncccc2Cl)cc1. The van der Waals surface area contributed by atoms with Crippen molar-refractivity contribution in [2.75, 3.05) is 19.6 Å². The van der Waals surface area contributed by atoms with Crippen LogP contribution in [0.4, 0.5) is 0 Å². The first-order chi connectivity index (χ1) is 11.7. The molecular weight excluding hydrogens is 326 g/mol. The van der Waals surface area contributed by atoms with Gasteiger partial charge in [0.25, 0.3) is 5.91 Å². The van der Waals surface area contributed by atoms with Gasteiger partial charge in [-0.15, -0.1) is 0 Å². The van der Waals surface area contributed by atoms with Gasteiger partial charge in [-0.25, -0.2) is 4.98 Å². The molecule has 1 N–H and O–H groups in total. The predicted molar refractivity (Wildman–Crippen MR) is 91.6 cm³/mol. The molecule has 2 fully saturated rings. The molecule has 2 aliphatic heterocycles. The smallest absolute Gasteiger partial charge is 0.251 e. The van der Waals surface area contributed by atoms with E-state index < -0.39 is 0 Å². The number of nitrogens with one attached hydrogen (secondary N) is 1. The van der Waals surface area contributed by atoms with Gasteiger partial charge in [0.15, 0.2) is 0 Å². The van der Waals surface area contributed by atoms with Crippen molar-refractivity contribution >= 4 is 17.5 Å². The summed E-state index contributed by atoms with van der Waals surface area (Å²) < 4.78 is 5.64. The van der Waals surface area contributed by atoms with Crippen LogP contribution in [0, 0.1) is 5.92 Å². The van der Waals surface area contributed by atoms with Crippen molar-refractivity contribution < 1.29 is 9.53 Å². The summed E-state index contributed by atoms with van der Waals surface area (Å²) in [6.45, 7) is 3.25. The van der Waals surface area contributed by atoms with Gasteiger partial charge in [-0.05, 0) is 55.3 Å². The second kappa shape index (κ2) is 6.42. The number of fused-ring (bicyclic) bond motifs is 2. The first-order valence-corrected chi connectivity index (χ1v) is 8.48. The maximum Gasteiger partial charge on any atom is 0.251 e. The molecule has 3 heterocycles. The number of carbonyl (C=O) groups excluding carboxylic acids is 1. The summed E-state index contributed by atoms with van der Waals surface area (Å²) in [5, 5.41) is 3.60. The monoisotopic (exact) mass is 343 g/mol. The number of amides is 1. The van der Waals surface area contributed by atoms with E-state index in [1.165, 1.54) is 13.0 Å². The molecule has 1 amide bonds. The zero-order valence-corrected chi connectivity index (χ0v) is 13.9. The molecule has 4 rings (SSSR count). The molecule has 6 heteroatoms. The Labute approximate surface area is 145 Å². The summed E-state index contributed by atoms with van der Waals surface area (Å²) in [6, 6.07) is 10.8. The first-order valence-electron chi connectivity index (χ1n) is 8.11. The lowest BCUT2D eigenvalue weighted by atomic mass is 9.99. The van der Waals surface area contributed by atoms with Crippen molar-refractivity contribution in [2.24, 2.45) is 5.92 Å². The highest BCUT2D eigenvalue weighted by molar-refractivity contribution is 6.31. The number of carbonyl (C=O) groups is 1. The van der Waals surface area contributed by atoms with Crippen LogP contribution in [0.5, 0.6) is 11.6 Å². The van der Waals surface area contributed by atoms with Gasteiger partial charge in [0, 0.05) is 30.9 Å². The second-order valence-electron chi connectivity index (χ2n) is 6.31. The standard InChI is InChI=1S/C18H18ClN3O2/c19-15-2-1-8-20-18(15)24-14-5-3-12(4-6-14)17(23)21-16-11-22-9-7-13(16)10-22/h1-6,8,13,16H,7,9-11H2,(H,21,23). The largest absolute Gasteiger partial charge is 0.438 e. The van der Waals surface area contributed by atoms with Crippen LogP contribution in [0.15, 0.2) is 42.6 Å². The van der Waals surface area contributed by atoms with Gasteiger partial charge in [-0.1, -0.05) is 11.6 Å². The molecule has 0 radical (unpaired) electrons. The van der Waals surface area contributed by atoms with E-state index in [1.54, 1.807) is 42.6 Å². The second-order valence-corrected chi connectivity index (χ2v) is 6.71. The van der Waals surface area contributed by atoms with Crippen molar-refractivity contribution in [1.82, 2.24) is 15.2 Å². The van der Waals surface area contributed by atoms with Crippen LogP contribution in [0.2, 0.25) is 5.02 Å². The minimum absolute atomic E-state index is 0.0313. The summed E-state index contributed by atoms with van der Waals surface area (Å²) >= 11 is 6.03. The van der Waals surface area contributed by atoms with E-state index in [-0.39, 0.29) is 11.9 Å².